The monoisotopic (exact) mass is 278 g/mol. The van der Waals surface area contributed by atoms with Crippen LogP contribution in [0.25, 0.3) is 0 Å². The fourth-order valence-corrected chi connectivity index (χ4v) is 1.85. The number of amides is 1. The molecule has 5 nitrogen and oxygen atoms in total. The Morgan fingerprint density at radius 2 is 1.89 bits per heavy atom. The van der Waals surface area contributed by atoms with Crippen LogP contribution < -0.4 is 5.32 Å². The molecule has 1 heterocycles. The van der Waals surface area contributed by atoms with E-state index in [-0.39, 0.29) is 12.5 Å². The predicted molar refractivity (Wildman–Crippen MR) is 62.2 cm³/mol. The molecule has 0 aromatic carbocycles. The lowest BCUT2D eigenvalue weighted by atomic mass is 10.3. The molecule has 19 heavy (non-hydrogen) atoms. The summed E-state index contributed by atoms with van der Waals surface area (Å²) in [5, 5.41) is 10.6. The number of hydrogen-bond acceptors (Lipinski definition) is 4. The van der Waals surface area contributed by atoms with Crippen LogP contribution in [0.3, 0.4) is 0 Å². The predicted octanol–water partition coefficient (Wildman–Crippen LogP) is 0.196. The molecule has 1 N–H and O–H groups in total. The zero-order valence-corrected chi connectivity index (χ0v) is 10.5. The van der Waals surface area contributed by atoms with Gasteiger partial charge in [-0.25, -0.2) is 0 Å². The number of carbonyl (C=O) groups excluding carboxylic acids is 1. The number of alkyl halides is 3. The average molecular weight is 278 g/mol. The number of carbonyl (C=O) groups is 1. The van der Waals surface area contributed by atoms with Crippen LogP contribution in [0.2, 0.25) is 0 Å². The van der Waals surface area contributed by atoms with Gasteiger partial charge in [-0.3, -0.25) is 9.69 Å². The molecule has 0 bridgehead atoms. The quantitative estimate of drug-likeness (QED) is 0.780. The van der Waals surface area contributed by atoms with Crippen molar-refractivity contribution in [2.45, 2.75) is 12.6 Å². The first-order valence-corrected chi connectivity index (χ1v) is 6.07. The second-order valence-corrected chi connectivity index (χ2v) is 4.35. The minimum absolute atomic E-state index is 0.294. The fraction of sp³-hybridized carbons (Fsp3) is 0.818. The van der Waals surface area contributed by atoms with E-state index in [0.717, 1.165) is 0 Å². The SMILES string of the molecule is N#CCCN1CCN(C(=O)CNCC(F)(F)F)CC1. The van der Waals surface area contributed by atoms with Gasteiger partial charge in [-0.1, -0.05) is 0 Å². The summed E-state index contributed by atoms with van der Waals surface area (Å²) >= 11 is 0. The van der Waals surface area contributed by atoms with Crippen molar-refractivity contribution in [3.8, 4) is 6.07 Å². The van der Waals surface area contributed by atoms with E-state index in [1.807, 2.05) is 0 Å². The number of nitriles is 1. The zero-order chi connectivity index (χ0) is 14.3. The van der Waals surface area contributed by atoms with Crippen molar-refractivity contribution in [2.75, 3.05) is 45.8 Å². The molecule has 1 aliphatic rings. The lowest BCUT2D eigenvalue weighted by Crippen LogP contribution is -2.51. The van der Waals surface area contributed by atoms with Gasteiger partial charge in [-0.05, 0) is 0 Å². The topological polar surface area (TPSA) is 59.4 Å². The van der Waals surface area contributed by atoms with Gasteiger partial charge in [0.2, 0.25) is 5.91 Å². The molecule has 0 aromatic heterocycles. The van der Waals surface area contributed by atoms with Crippen LogP contribution in [0.1, 0.15) is 6.42 Å². The highest BCUT2D eigenvalue weighted by atomic mass is 19.4. The first kappa shape index (κ1) is 15.7. The molecule has 1 fully saturated rings. The largest absolute Gasteiger partial charge is 0.401 e. The Morgan fingerprint density at radius 3 is 2.42 bits per heavy atom. The number of nitrogens with zero attached hydrogens (tertiary/aromatic N) is 3. The molecule has 0 radical (unpaired) electrons. The zero-order valence-electron chi connectivity index (χ0n) is 10.5. The highest BCUT2D eigenvalue weighted by Crippen LogP contribution is 2.12. The summed E-state index contributed by atoms with van der Waals surface area (Å²) in [5.74, 6) is -0.316. The summed E-state index contributed by atoms with van der Waals surface area (Å²) in [5.41, 5.74) is 0. The highest BCUT2D eigenvalue weighted by Gasteiger charge is 2.27. The molecule has 0 atom stereocenters. The van der Waals surface area contributed by atoms with Crippen LogP contribution in [0.4, 0.5) is 13.2 Å². The minimum atomic E-state index is -4.30. The molecule has 0 spiro atoms. The van der Waals surface area contributed by atoms with Crippen LogP contribution in [0.5, 0.6) is 0 Å². The maximum Gasteiger partial charge on any atom is 0.401 e. The third kappa shape index (κ3) is 6.40. The Labute approximate surface area is 110 Å². The van der Waals surface area contributed by atoms with Crippen molar-refractivity contribution in [1.82, 2.24) is 15.1 Å². The van der Waals surface area contributed by atoms with Crippen LogP contribution >= 0.6 is 0 Å². The molecule has 108 valence electrons. The lowest BCUT2D eigenvalue weighted by molar-refractivity contribution is -0.135. The summed E-state index contributed by atoms with van der Waals surface area (Å²) in [6, 6.07) is 2.05. The van der Waals surface area contributed by atoms with Gasteiger partial charge in [0.1, 0.15) is 0 Å². The van der Waals surface area contributed by atoms with E-state index in [0.29, 0.717) is 39.1 Å². The third-order valence-electron chi connectivity index (χ3n) is 2.87. The van der Waals surface area contributed by atoms with Crippen molar-refractivity contribution < 1.29 is 18.0 Å². The van der Waals surface area contributed by atoms with Gasteiger partial charge < -0.3 is 10.2 Å². The molecule has 0 aromatic rings. The fourth-order valence-electron chi connectivity index (χ4n) is 1.85. The smallest absolute Gasteiger partial charge is 0.339 e. The van der Waals surface area contributed by atoms with Crippen molar-refractivity contribution in [1.29, 1.82) is 5.26 Å². The molecule has 0 unspecified atom stereocenters. The van der Waals surface area contributed by atoms with Gasteiger partial charge in [0.15, 0.2) is 0 Å². The molecule has 1 saturated heterocycles. The average Bonchev–Trinajstić information content (AvgIpc) is 2.35. The summed E-state index contributed by atoms with van der Waals surface area (Å²) in [6.45, 7) is 1.54. The van der Waals surface area contributed by atoms with Crippen molar-refractivity contribution in [2.24, 2.45) is 0 Å². The maximum atomic E-state index is 11.9. The first-order chi connectivity index (χ1) is 8.92. The summed E-state index contributed by atoms with van der Waals surface area (Å²) in [7, 11) is 0. The van der Waals surface area contributed by atoms with Gasteiger partial charge in [0, 0.05) is 39.1 Å². The van der Waals surface area contributed by atoms with Gasteiger partial charge in [-0.2, -0.15) is 18.4 Å². The Morgan fingerprint density at radius 1 is 1.26 bits per heavy atom. The summed E-state index contributed by atoms with van der Waals surface area (Å²) in [4.78, 5) is 15.2. The molecule has 0 saturated carbocycles. The van der Waals surface area contributed by atoms with Gasteiger partial charge in [-0.15, -0.1) is 0 Å². The molecule has 1 amide bonds. The Balaban J connectivity index is 2.20. The third-order valence-corrected chi connectivity index (χ3v) is 2.87. The van der Waals surface area contributed by atoms with Crippen molar-refractivity contribution in [3.63, 3.8) is 0 Å². The van der Waals surface area contributed by atoms with E-state index in [4.69, 9.17) is 5.26 Å². The van der Waals surface area contributed by atoms with Gasteiger partial charge >= 0.3 is 6.18 Å². The van der Waals surface area contributed by atoms with E-state index in [1.54, 1.807) is 4.90 Å². The van der Waals surface area contributed by atoms with Crippen molar-refractivity contribution >= 4 is 5.91 Å². The number of rotatable bonds is 5. The number of nitrogens with one attached hydrogen (secondary N) is 1. The highest BCUT2D eigenvalue weighted by molar-refractivity contribution is 5.78. The lowest BCUT2D eigenvalue weighted by Gasteiger charge is -2.34. The van der Waals surface area contributed by atoms with Crippen LogP contribution in [-0.2, 0) is 4.79 Å². The van der Waals surface area contributed by atoms with E-state index in [2.05, 4.69) is 16.3 Å². The maximum absolute atomic E-state index is 11.9. The second-order valence-electron chi connectivity index (χ2n) is 4.35. The minimum Gasteiger partial charge on any atom is -0.339 e. The standard InChI is InChI=1S/C11H17F3N4O/c12-11(13,14)9-16-8-10(19)18-6-4-17(5-7-18)3-1-2-15/h16H,1,3-9H2. The molecule has 8 heteroatoms. The molecular formula is C11H17F3N4O. The number of halogens is 3. The van der Waals surface area contributed by atoms with E-state index in [9.17, 15) is 18.0 Å². The van der Waals surface area contributed by atoms with Gasteiger partial charge in [0.05, 0.1) is 19.2 Å². The van der Waals surface area contributed by atoms with Crippen molar-refractivity contribution in [3.05, 3.63) is 0 Å². The van der Waals surface area contributed by atoms with Crippen LogP contribution in [0, 0.1) is 11.3 Å². The van der Waals surface area contributed by atoms with Crippen LogP contribution in [0.15, 0.2) is 0 Å². The normalized spacial score (nSPS) is 17.3. The van der Waals surface area contributed by atoms with E-state index in [1.165, 1.54) is 0 Å². The first-order valence-electron chi connectivity index (χ1n) is 6.07. The van der Waals surface area contributed by atoms with Crippen LogP contribution in [-0.4, -0.2) is 67.7 Å². The Hall–Kier alpha value is -1.33. The molecule has 0 aliphatic carbocycles. The van der Waals surface area contributed by atoms with E-state index >= 15 is 0 Å². The number of piperazine rings is 1. The van der Waals surface area contributed by atoms with E-state index < -0.39 is 12.7 Å². The van der Waals surface area contributed by atoms with Gasteiger partial charge in [0.25, 0.3) is 0 Å². The molecule has 1 rings (SSSR count). The summed E-state index contributed by atoms with van der Waals surface area (Å²) < 4.78 is 35.7. The molecular weight excluding hydrogens is 261 g/mol. The molecule has 1 aliphatic heterocycles. The Bertz CT molecular complexity index is 332. The second kappa shape index (κ2) is 7.31. The Kier molecular flexibility index (Phi) is 6.05. The summed E-state index contributed by atoms with van der Waals surface area (Å²) in [6.07, 6.45) is -3.85. The number of hydrogen-bond donors (Lipinski definition) is 1.